The van der Waals surface area contributed by atoms with Gasteiger partial charge in [-0.25, -0.2) is 4.98 Å². The van der Waals surface area contributed by atoms with Crippen LogP contribution in [0.3, 0.4) is 0 Å². The highest BCUT2D eigenvalue weighted by atomic mass is 16.5. The van der Waals surface area contributed by atoms with Crippen molar-refractivity contribution in [3.8, 4) is 29.3 Å². The van der Waals surface area contributed by atoms with Crippen LogP contribution < -0.4 is 10.1 Å². The molecule has 0 aliphatic carbocycles. The molecular weight excluding hydrogens is 304 g/mol. The number of hydrogen-bond acceptors (Lipinski definition) is 6. The van der Waals surface area contributed by atoms with Crippen LogP contribution in [0.1, 0.15) is 0 Å². The summed E-state index contributed by atoms with van der Waals surface area (Å²) < 4.78 is 11.0. The van der Waals surface area contributed by atoms with Gasteiger partial charge in [-0.3, -0.25) is 0 Å². The summed E-state index contributed by atoms with van der Waals surface area (Å²) in [5, 5.41) is 20.3. The number of rotatable bonds is 4. The average molecular weight is 316 g/mol. The molecule has 24 heavy (non-hydrogen) atoms. The van der Waals surface area contributed by atoms with Crippen molar-refractivity contribution in [1.82, 2.24) is 4.98 Å². The fraction of sp³-hybridized carbons (Fsp3) is 0.0556. The molecule has 2 aromatic carbocycles. The number of allylic oxidation sites excluding steroid dienone is 1. The zero-order valence-electron chi connectivity index (χ0n) is 12.8. The number of methoxy groups -OCH3 is 1. The molecule has 0 spiro atoms. The Bertz CT molecular complexity index is 990. The van der Waals surface area contributed by atoms with E-state index in [4.69, 9.17) is 19.7 Å². The highest BCUT2D eigenvalue weighted by molar-refractivity contribution is 5.80. The second-order valence-electron chi connectivity index (χ2n) is 4.86. The van der Waals surface area contributed by atoms with Gasteiger partial charge in [-0.05, 0) is 30.3 Å². The standard InChI is InChI=1S/C18H12N4O2/c1-23-15-4-2-3-13(7-15)18-22-16-6-5-14(8-17(16)24-18)21-11-12(9-19)10-20/h2-8,11,21H,1H3. The minimum absolute atomic E-state index is 0.00950. The Labute approximate surface area is 138 Å². The monoisotopic (exact) mass is 316 g/mol. The van der Waals surface area contributed by atoms with Gasteiger partial charge >= 0.3 is 0 Å². The van der Waals surface area contributed by atoms with Crippen molar-refractivity contribution in [1.29, 1.82) is 10.5 Å². The molecule has 0 atom stereocenters. The Kier molecular flexibility index (Phi) is 4.13. The Morgan fingerprint density at radius 3 is 2.79 bits per heavy atom. The Hall–Kier alpha value is -3.77. The molecule has 1 N–H and O–H groups in total. The van der Waals surface area contributed by atoms with Gasteiger partial charge in [0.1, 0.15) is 29.0 Å². The number of benzene rings is 2. The smallest absolute Gasteiger partial charge is 0.227 e. The number of nitriles is 2. The summed E-state index contributed by atoms with van der Waals surface area (Å²) >= 11 is 0. The van der Waals surface area contributed by atoms with E-state index in [9.17, 15) is 0 Å². The van der Waals surface area contributed by atoms with Crippen LogP contribution in [0, 0.1) is 22.7 Å². The van der Waals surface area contributed by atoms with Crippen molar-refractivity contribution in [3.05, 3.63) is 54.2 Å². The number of nitrogens with zero attached hydrogens (tertiary/aromatic N) is 3. The van der Waals surface area contributed by atoms with Crippen LogP contribution in [0.4, 0.5) is 5.69 Å². The van der Waals surface area contributed by atoms with E-state index >= 15 is 0 Å². The fourth-order valence-electron chi connectivity index (χ4n) is 2.14. The first-order valence-electron chi connectivity index (χ1n) is 7.05. The predicted octanol–water partition coefficient (Wildman–Crippen LogP) is 3.85. The van der Waals surface area contributed by atoms with E-state index in [1.165, 1.54) is 6.20 Å². The van der Waals surface area contributed by atoms with E-state index in [1.807, 2.05) is 24.3 Å². The first-order valence-corrected chi connectivity index (χ1v) is 7.05. The van der Waals surface area contributed by atoms with Crippen LogP contribution in [-0.4, -0.2) is 12.1 Å². The summed E-state index contributed by atoms with van der Waals surface area (Å²) in [5.74, 6) is 1.22. The molecule has 0 unspecified atom stereocenters. The van der Waals surface area contributed by atoms with E-state index < -0.39 is 0 Å². The topological polar surface area (TPSA) is 94.9 Å². The summed E-state index contributed by atoms with van der Waals surface area (Å²) in [5.41, 5.74) is 2.81. The molecular formula is C18H12N4O2. The van der Waals surface area contributed by atoms with Crippen molar-refractivity contribution in [3.63, 3.8) is 0 Å². The molecule has 0 radical (unpaired) electrons. The molecule has 0 saturated heterocycles. The molecule has 116 valence electrons. The number of nitrogens with one attached hydrogen (secondary N) is 1. The molecule has 0 saturated carbocycles. The first-order chi connectivity index (χ1) is 11.7. The van der Waals surface area contributed by atoms with E-state index in [2.05, 4.69) is 10.3 Å². The summed E-state index contributed by atoms with van der Waals surface area (Å²) in [7, 11) is 1.60. The lowest BCUT2D eigenvalue weighted by Crippen LogP contribution is -1.89. The molecule has 6 nitrogen and oxygen atoms in total. The molecule has 6 heteroatoms. The Morgan fingerprint density at radius 2 is 2.04 bits per heavy atom. The van der Waals surface area contributed by atoms with Crippen molar-refractivity contribution >= 4 is 16.8 Å². The maximum Gasteiger partial charge on any atom is 0.227 e. The Morgan fingerprint density at radius 1 is 1.21 bits per heavy atom. The fourth-order valence-corrected chi connectivity index (χ4v) is 2.14. The number of ether oxygens (including phenoxy) is 1. The molecule has 0 aliphatic rings. The van der Waals surface area contributed by atoms with E-state index in [0.29, 0.717) is 22.7 Å². The molecule has 0 aliphatic heterocycles. The quantitative estimate of drug-likeness (QED) is 0.735. The number of hydrogen-bond donors (Lipinski definition) is 1. The minimum Gasteiger partial charge on any atom is -0.497 e. The van der Waals surface area contributed by atoms with Crippen LogP contribution in [0.5, 0.6) is 5.75 Å². The number of aromatic nitrogens is 1. The minimum atomic E-state index is -0.00950. The molecule has 1 aromatic heterocycles. The maximum atomic E-state index is 8.73. The predicted molar refractivity (Wildman–Crippen MR) is 88.9 cm³/mol. The molecule has 0 amide bonds. The van der Waals surface area contributed by atoms with Crippen LogP contribution in [0.2, 0.25) is 0 Å². The lowest BCUT2D eigenvalue weighted by Gasteiger charge is -2.00. The van der Waals surface area contributed by atoms with Gasteiger partial charge in [-0.1, -0.05) is 6.07 Å². The van der Waals surface area contributed by atoms with Gasteiger partial charge < -0.3 is 14.5 Å². The van der Waals surface area contributed by atoms with Crippen LogP contribution in [0.15, 0.2) is 58.7 Å². The molecule has 3 aromatic rings. The highest BCUT2D eigenvalue weighted by Crippen LogP contribution is 2.28. The first kappa shape index (κ1) is 15.1. The van der Waals surface area contributed by atoms with Gasteiger partial charge in [0.15, 0.2) is 5.58 Å². The van der Waals surface area contributed by atoms with E-state index in [0.717, 1.165) is 11.3 Å². The maximum absolute atomic E-state index is 8.73. The Balaban J connectivity index is 1.93. The molecule has 0 fully saturated rings. The van der Waals surface area contributed by atoms with Gasteiger partial charge in [-0.2, -0.15) is 10.5 Å². The zero-order valence-corrected chi connectivity index (χ0v) is 12.8. The normalized spacial score (nSPS) is 9.79. The lowest BCUT2D eigenvalue weighted by atomic mass is 10.2. The third-order valence-electron chi connectivity index (χ3n) is 3.33. The van der Waals surface area contributed by atoms with Gasteiger partial charge in [0.25, 0.3) is 0 Å². The summed E-state index contributed by atoms with van der Waals surface area (Å²) in [4.78, 5) is 4.46. The van der Waals surface area contributed by atoms with Crippen molar-refractivity contribution in [2.45, 2.75) is 0 Å². The van der Waals surface area contributed by atoms with E-state index in [-0.39, 0.29) is 5.57 Å². The largest absolute Gasteiger partial charge is 0.497 e. The molecule has 0 bridgehead atoms. The number of fused-ring (bicyclic) bond motifs is 1. The second kappa shape index (κ2) is 6.55. The molecule has 3 rings (SSSR count). The average Bonchev–Trinajstić information content (AvgIpc) is 3.06. The van der Waals surface area contributed by atoms with Crippen molar-refractivity contribution in [2.24, 2.45) is 0 Å². The SMILES string of the molecule is COc1cccc(-c2nc3ccc(NC=C(C#N)C#N)cc3o2)c1. The van der Waals surface area contributed by atoms with Gasteiger partial charge in [0.2, 0.25) is 5.89 Å². The van der Waals surface area contributed by atoms with Gasteiger partial charge in [0, 0.05) is 23.5 Å². The summed E-state index contributed by atoms with van der Waals surface area (Å²) in [6.07, 6.45) is 1.35. The van der Waals surface area contributed by atoms with Gasteiger partial charge in [0.05, 0.1) is 7.11 Å². The number of oxazole rings is 1. The highest BCUT2D eigenvalue weighted by Gasteiger charge is 2.09. The van der Waals surface area contributed by atoms with Gasteiger partial charge in [-0.15, -0.1) is 0 Å². The van der Waals surface area contributed by atoms with Crippen LogP contribution in [-0.2, 0) is 0 Å². The molecule has 1 heterocycles. The third kappa shape index (κ3) is 3.03. The van der Waals surface area contributed by atoms with Crippen molar-refractivity contribution < 1.29 is 9.15 Å². The van der Waals surface area contributed by atoms with Crippen LogP contribution >= 0.6 is 0 Å². The van der Waals surface area contributed by atoms with Crippen LogP contribution in [0.25, 0.3) is 22.6 Å². The lowest BCUT2D eigenvalue weighted by molar-refractivity contribution is 0.415. The number of anilines is 1. The van der Waals surface area contributed by atoms with E-state index in [1.54, 1.807) is 37.4 Å². The zero-order chi connectivity index (χ0) is 16.9. The second-order valence-corrected chi connectivity index (χ2v) is 4.86. The summed E-state index contributed by atoms with van der Waals surface area (Å²) in [6.45, 7) is 0. The third-order valence-corrected chi connectivity index (χ3v) is 3.33. The summed E-state index contributed by atoms with van der Waals surface area (Å²) in [6, 6.07) is 16.4. The van der Waals surface area contributed by atoms with Crippen molar-refractivity contribution in [2.75, 3.05) is 12.4 Å².